The van der Waals surface area contributed by atoms with Crippen molar-refractivity contribution in [3.8, 4) is 5.75 Å². The molecule has 0 fully saturated rings. The van der Waals surface area contributed by atoms with Crippen molar-refractivity contribution in [2.75, 3.05) is 13.2 Å². The van der Waals surface area contributed by atoms with E-state index in [1.54, 1.807) is 24.3 Å². The highest BCUT2D eigenvalue weighted by atomic mass is 79.9. The van der Waals surface area contributed by atoms with Crippen molar-refractivity contribution in [2.45, 2.75) is 6.92 Å². The van der Waals surface area contributed by atoms with Crippen LogP contribution >= 0.6 is 15.9 Å². The number of hydrazone groups is 1. The summed E-state index contributed by atoms with van der Waals surface area (Å²) in [5.74, 6) is -0.0613. The van der Waals surface area contributed by atoms with E-state index in [9.17, 15) is 9.59 Å². The standard InChI is InChI=1S/C18H18BrN3O3/c1-2-25-15-9-7-13(8-10-15)18(24)20-12-17(23)22-21-11-14-5-3-4-6-16(14)19/h3-11H,2,12H2,1H3,(H,20,24)(H,22,23). The summed E-state index contributed by atoms with van der Waals surface area (Å²) in [5, 5.41) is 6.40. The maximum atomic E-state index is 12.0. The van der Waals surface area contributed by atoms with E-state index in [-0.39, 0.29) is 12.5 Å². The van der Waals surface area contributed by atoms with Gasteiger partial charge in [0.2, 0.25) is 0 Å². The van der Waals surface area contributed by atoms with Crippen LogP contribution in [0.5, 0.6) is 5.75 Å². The van der Waals surface area contributed by atoms with E-state index < -0.39 is 5.91 Å². The maximum absolute atomic E-state index is 12.0. The second-order valence-electron chi connectivity index (χ2n) is 4.95. The van der Waals surface area contributed by atoms with Crippen LogP contribution in [0.25, 0.3) is 0 Å². The molecule has 2 N–H and O–H groups in total. The van der Waals surface area contributed by atoms with Crippen molar-refractivity contribution in [2.24, 2.45) is 5.10 Å². The van der Waals surface area contributed by atoms with Crippen molar-refractivity contribution < 1.29 is 14.3 Å². The minimum atomic E-state index is -0.414. The summed E-state index contributed by atoms with van der Waals surface area (Å²) in [4.78, 5) is 23.7. The van der Waals surface area contributed by atoms with E-state index in [1.807, 2.05) is 31.2 Å². The highest BCUT2D eigenvalue weighted by Gasteiger charge is 2.07. The third-order valence-electron chi connectivity index (χ3n) is 3.14. The molecule has 0 aliphatic heterocycles. The highest BCUT2D eigenvalue weighted by molar-refractivity contribution is 9.10. The van der Waals surface area contributed by atoms with E-state index in [2.05, 4.69) is 31.8 Å². The molecule has 0 saturated heterocycles. The van der Waals surface area contributed by atoms with Crippen LogP contribution in [-0.4, -0.2) is 31.2 Å². The lowest BCUT2D eigenvalue weighted by molar-refractivity contribution is -0.120. The molecule has 0 spiro atoms. The van der Waals surface area contributed by atoms with Crippen LogP contribution in [0.15, 0.2) is 58.1 Å². The van der Waals surface area contributed by atoms with Crippen molar-refractivity contribution in [3.05, 3.63) is 64.1 Å². The fraction of sp³-hybridized carbons (Fsp3) is 0.167. The molecule has 130 valence electrons. The highest BCUT2D eigenvalue weighted by Crippen LogP contribution is 2.13. The molecule has 2 aromatic rings. The minimum absolute atomic E-state index is 0.167. The number of nitrogens with zero attached hydrogens (tertiary/aromatic N) is 1. The van der Waals surface area contributed by atoms with Crippen molar-refractivity contribution in [3.63, 3.8) is 0 Å². The zero-order valence-electron chi connectivity index (χ0n) is 13.7. The van der Waals surface area contributed by atoms with Gasteiger partial charge in [-0.25, -0.2) is 5.43 Å². The SMILES string of the molecule is CCOc1ccc(C(=O)NCC(=O)NN=Cc2ccccc2Br)cc1. The second kappa shape index (κ2) is 9.58. The zero-order valence-corrected chi connectivity index (χ0v) is 15.2. The topological polar surface area (TPSA) is 79.8 Å². The summed E-state index contributed by atoms with van der Waals surface area (Å²) in [6, 6.07) is 14.2. The smallest absolute Gasteiger partial charge is 0.259 e. The summed E-state index contributed by atoms with van der Waals surface area (Å²) in [6.07, 6.45) is 1.52. The number of amides is 2. The Balaban J connectivity index is 1.79. The summed E-state index contributed by atoms with van der Waals surface area (Å²) in [6.45, 7) is 2.28. The molecular weight excluding hydrogens is 386 g/mol. The predicted octanol–water partition coefficient (Wildman–Crippen LogP) is 2.73. The minimum Gasteiger partial charge on any atom is -0.494 e. The van der Waals surface area contributed by atoms with Gasteiger partial charge in [0.05, 0.1) is 19.4 Å². The molecule has 0 aliphatic carbocycles. The Morgan fingerprint density at radius 3 is 2.56 bits per heavy atom. The van der Waals surface area contributed by atoms with E-state index in [0.29, 0.717) is 17.9 Å². The van der Waals surface area contributed by atoms with Gasteiger partial charge in [0.1, 0.15) is 5.75 Å². The lowest BCUT2D eigenvalue weighted by atomic mass is 10.2. The summed E-state index contributed by atoms with van der Waals surface area (Å²) in [7, 11) is 0. The predicted molar refractivity (Wildman–Crippen MR) is 99.8 cm³/mol. The summed E-state index contributed by atoms with van der Waals surface area (Å²) in [5.41, 5.74) is 3.65. The van der Waals surface area contributed by atoms with Gasteiger partial charge >= 0.3 is 0 Å². The van der Waals surface area contributed by atoms with Crippen LogP contribution in [0.1, 0.15) is 22.8 Å². The molecular formula is C18H18BrN3O3. The summed E-state index contributed by atoms with van der Waals surface area (Å²) >= 11 is 3.38. The van der Waals surface area contributed by atoms with Gasteiger partial charge < -0.3 is 10.1 Å². The molecule has 6 nitrogen and oxygen atoms in total. The Morgan fingerprint density at radius 2 is 1.88 bits per heavy atom. The lowest BCUT2D eigenvalue weighted by Gasteiger charge is -2.06. The first-order valence-corrected chi connectivity index (χ1v) is 8.47. The van der Waals surface area contributed by atoms with Gasteiger partial charge in [0.25, 0.3) is 11.8 Å². The number of halogens is 1. The fourth-order valence-corrected chi connectivity index (χ4v) is 2.31. The molecule has 2 aromatic carbocycles. The Bertz CT molecular complexity index is 760. The first kappa shape index (κ1) is 18.7. The van der Waals surface area contributed by atoms with Crippen molar-refractivity contribution in [1.82, 2.24) is 10.7 Å². The molecule has 0 aliphatic rings. The van der Waals surface area contributed by atoms with Crippen LogP contribution in [0.2, 0.25) is 0 Å². The Labute approximate surface area is 154 Å². The van der Waals surface area contributed by atoms with Gasteiger partial charge in [-0.15, -0.1) is 0 Å². The third kappa shape index (κ3) is 6.04. The maximum Gasteiger partial charge on any atom is 0.259 e. The van der Waals surface area contributed by atoms with Crippen LogP contribution < -0.4 is 15.5 Å². The number of ether oxygens (including phenoxy) is 1. The van der Waals surface area contributed by atoms with Crippen LogP contribution in [0.3, 0.4) is 0 Å². The molecule has 0 heterocycles. The number of benzene rings is 2. The zero-order chi connectivity index (χ0) is 18.1. The van der Waals surface area contributed by atoms with Crippen molar-refractivity contribution >= 4 is 34.0 Å². The van der Waals surface area contributed by atoms with Gasteiger partial charge in [-0.05, 0) is 37.3 Å². The molecule has 0 aromatic heterocycles. The average molecular weight is 404 g/mol. The van der Waals surface area contributed by atoms with Crippen LogP contribution in [0, 0.1) is 0 Å². The molecule has 0 radical (unpaired) electrons. The monoisotopic (exact) mass is 403 g/mol. The van der Waals surface area contributed by atoms with Gasteiger partial charge in [0, 0.05) is 15.6 Å². The number of carbonyl (C=O) groups is 2. The molecule has 7 heteroatoms. The first-order valence-electron chi connectivity index (χ1n) is 7.67. The molecule has 0 atom stereocenters. The van der Waals surface area contributed by atoms with Gasteiger partial charge in [-0.1, -0.05) is 34.1 Å². The number of nitrogens with one attached hydrogen (secondary N) is 2. The third-order valence-corrected chi connectivity index (χ3v) is 3.86. The number of hydrogen-bond acceptors (Lipinski definition) is 4. The number of rotatable bonds is 7. The van der Waals surface area contributed by atoms with Crippen LogP contribution in [-0.2, 0) is 4.79 Å². The quantitative estimate of drug-likeness (QED) is 0.550. The molecule has 0 saturated carbocycles. The molecule has 0 bridgehead atoms. The summed E-state index contributed by atoms with van der Waals surface area (Å²) < 4.78 is 6.18. The normalized spacial score (nSPS) is 10.5. The largest absolute Gasteiger partial charge is 0.494 e. The molecule has 25 heavy (non-hydrogen) atoms. The second-order valence-corrected chi connectivity index (χ2v) is 5.81. The molecule has 2 amide bonds. The van der Waals surface area contributed by atoms with Crippen LogP contribution in [0.4, 0.5) is 0 Å². The Kier molecular flexibility index (Phi) is 7.16. The Morgan fingerprint density at radius 1 is 1.16 bits per heavy atom. The lowest BCUT2D eigenvalue weighted by Crippen LogP contribution is -2.34. The molecule has 0 unspecified atom stereocenters. The van der Waals surface area contributed by atoms with Gasteiger partial charge in [-0.2, -0.15) is 5.10 Å². The van der Waals surface area contributed by atoms with E-state index in [1.165, 1.54) is 6.21 Å². The van der Waals surface area contributed by atoms with Crippen molar-refractivity contribution in [1.29, 1.82) is 0 Å². The van der Waals surface area contributed by atoms with Gasteiger partial charge in [0.15, 0.2) is 0 Å². The number of hydrogen-bond donors (Lipinski definition) is 2. The average Bonchev–Trinajstić information content (AvgIpc) is 2.62. The van der Waals surface area contributed by atoms with E-state index in [0.717, 1.165) is 10.0 Å². The first-order chi connectivity index (χ1) is 12.1. The fourth-order valence-electron chi connectivity index (χ4n) is 1.92. The number of carbonyl (C=O) groups excluding carboxylic acids is 2. The van der Waals surface area contributed by atoms with E-state index in [4.69, 9.17) is 4.74 Å². The van der Waals surface area contributed by atoms with Gasteiger partial charge in [-0.3, -0.25) is 9.59 Å². The Hall–Kier alpha value is -2.67. The van der Waals surface area contributed by atoms with E-state index >= 15 is 0 Å². The molecule has 2 rings (SSSR count).